The van der Waals surface area contributed by atoms with Crippen LogP contribution in [0.1, 0.15) is 31.9 Å². The Morgan fingerprint density at radius 1 is 1.53 bits per heavy atom. The van der Waals surface area contributed by atoms with Gasteiger partial charge in [-0.15, -0.1) is 0 Å². The molecule has 0 aliphatic heterocycles. The van der Waals surface area contributed by atoms with E-state index < -0.39 is 0 Å². The molecule has 15 heavy (non-hydrogen) atoms. The normalized spacial score (nSPS) is 28.1. The molecule has 0 amide bonds. The lowest BCUT2D eigenvalue weighted by molar-refractivity contribution is 0.345. The molecule has 0 spiro atoms. The maximum atomic E-state index is 5.41. The molecule has 1 fully saturated rings. The van der Waals surface area contributed by atoms with E-state index in [0.29, 0.717) is 6.04 Å². The quantitative estimate of drug-likeness (QED) is 0.821. The molecule has 0 aromatic carbocycles. The van der Waals surface area contributed by atoms with E-state index in [1.165, 1.54) is 19.3 Å². The summed E-state index contributed by atoms with van der Waals surface area (Å²) in [7, 11) is 2.07. The predicted molar refractivity (Wildman–Crippen MR) is 61.8 cm³/mol. The number of hydrogen-bond acceptors (Lipinski definition) is 2. The minimum Gasteiger partial charge on any atom is -0.469 e. The van der Waals surface area contributed by atoms with Crippen LogP contribution in [0.4, 0.5) is 0 Å². The van der Waals surface area contributed by atoms with E-state index in [-0.39, 0.29) is 0 Å². The van der Waals surface area contributed by atoms with Crippen molar-refractivity contribution < 1.29 is 4.42 Å². The SMILES string of the molecule is CNC(Cc1ccco1)C1CCC(C)C1. The Labute approximate surface area is 92.1 Å². The molecule has 1 aliphatic rings. The first kappa shape index (κ1) is 10.7. The van der Waals surface area contributed by atoms with Gasteiger partial charge in [-0.1, -0.05) is 13.3 Å². The zero-order chi connectivity index (χ0) is 10.7. The maximum Gasteiger partial charge on any atom is 0.105 e. The van der Waals surface area contributed by atoms with E-state index in [1.807, 2.05) is 6.07 Å². The fraction of sp³-hybridized carbons (Fsp3) is 0.692. The second-order valence-corrected chi connectivity index (χ2v) is 4.86. The molecule has 0 radical (unpaired) electrons. The summed E-state index contributed by atoms with van der Waals surface area (Å²) in [5.41, 5.74) is 0. The van der Waals surface area contributed by atoms with Gasteiger partial charge in [-0.25, -0.2) is 0 Å². The molecule has 0 saturated heterocycles. The molecule has 2 heteroatoms. The third-order valence-corrected chi connectivity index (χ3v) is 3.68. The number of nitrogens with one attached hydrogen (secondary N) is 1. The second-order valence-electron chi connectivity index (χ2n) is 4.86. The number of hydrogen-bond donors (Lipinski definition) is 1. The van der Waals surface area contributed by atoms with E-state index in [2.05, 4.69) is 25.4 Å². The first-order valence-electron chi connectivity index (χ1n) is 5.99. The van der Waals surface area contributed by atoms with Crippen LogP contribution in [0.25, 0.3) is 0 Å². The van der Waals surface area contributed by atoms with Gasteiger partial charge >= 0.3 is 0 Å². The molecule has 3 atom stereocenters. The van der Waals surface area contributed by atoms with Crippen LogP contribution in [0.5, 0.6) is 0 Å². The van der Waals surface area contributed by atoms with Gasteiger partial charge in [0.15, 0.2) is 0 Å². The number of rotatable bonds is 4. The third kappa shape index (κ3) is 2.63. The molecule has 1 aliphatic carbocycles. The molecule has 84 valence electrons. The van der Waals surface area contributed by atoms with Crippen LogP contribution in [-0.2, 0) is 6.42 Å². The molecule has 1 aromatic rings. The van der Waals surface area contributed by atoms with Crippen LogP contribution in [0, 0.1) is 11.8 Å². The smallest absolute Gasteiger partial charge is 0.105 e. The average molecular weight is 207 g/mol. The van der Waals surface area contributed by atoms with E-state index in [4.69, 9.17) is 4.42 Å². The number of likely N-dealkylation sites (N-methyl/N-ethyl adjacent to an activating group) is 1. The Kier molecular flexibility index (Phi) is 3.47. The summed E-state index contributed by atoms with van der Waals surface area (Å²) in [6.07, 6.45) is 6.92. The predicted octanol–water partition coefficient (Wildman–Crippen LogP) is 2.85. The van der Waals surface area contributed by atoms with Gasteiger partial charge in [-0.2, -0.15) is 0 Å². The molecular weight excluding hydrogens is 186 g/mol. The summed E-state index contributed by atoms with van der Waals surface area (Å²) in [5.74, 6) is 2.84. The van der Waals surface area contributed by atoms with Crippen molar-refractivity contribution in [1.29, 1.82) is 0 Å². The highest BCUT2D eigenvalue weighted by molar-refractivity contribution is 5.01. The average Bonchev–Trinajstić information content (AvgIpc) is 2.85. The van der Waals surface area contributed by atoms with Gasteiger partial charge in [0.05, 0.1) is 6.26 Å². The van der Waals surface area contributed by atoms with Crippen LogP contribution in [-0.4, -0.2) is 13.1 Å². The summed E-state index contributed by atoms with van der Waals surface area (Å²) >= 11 is 0. The lowest BCUT2D eigenvalue weighted by atomic mass is 9.93. The zero-order valence-electron chi connectivity index (χ0n) is 9.70. The van der Waals surface area contributed by atoms with Crippen LogP contribution in [0.2, 0.25) is 0 Å². The van der Waals surface area contributed by atoms with Gasteiger partial charge in [-0.3, -0.25) is 0 Å². The van der Waals surface area contributed by atoms with Crippen molar-refractivity contribution >= 4 is 0 Å². The summed E-state index contributed by atoms with van der Waals surface area (Å²) in [6, 6.07) is 4.63. The van der Waals surface area contributed by atoms with Crippen LogP contribution in [0.15, 0.2) is 22.8 Å². The minimum atomic E-state index is 0.584. The largest absolute Gasteiger partial charge is 0.469 e. The molecule has 1 saturated carbocycles. The molecule has 3 unspecified atom stereocenters. The van der Waals surface area contributed by atoms with Crippen molar-refractivity contribution in [2.45, 2.75) is 38.6 Å². The molecule has 1 aromatic heterocycles. The van der Waals surface area contributed by atoms with Gasteiger partial charge in [0, 0.05) is 12.5 Å². The van der Waals surface area contributed by atoms with E-state index in [0.717, 1.165) is 24.0 Å². The van der Waals surface area contributed by atoms with Crippen molar-refractivity contribution in [2.24, 2.45) is 11.8 Å². The van der Waals surface area contributed by atoms with Crippen molar-refractivity contribution in [3.8, 4) is 0 Å². The lowest BCUT2D eigenvalue weighted by Gasteiger charge is -2.22. The Morgan fingerprint density at radius 3 is 2.93 bits per heavy atom. The van der Waals surface area contributed by atoms with Crippen LogP contribution >= 0.6 is 0 Å². The highest BCUT2D eigenvalue weighted by atomic mass is 16.3. The highest BCUT2D eigenvalue weighted by Crippen LogP contribution is 2.33. The molecule has 1 heterocycles. The van der Waals surface area contributed by atoms with Crippen molar-refractivity contribution in [2.75, 3.05) is 7.05 Å². The first-order chi connectivity index (χ1) is 7.29. The summed E-state index contributed by atoms with van der Waals surface area (Å²) in [6.45, 7) is 2.36. The summed E-state index contributed by atoms with van der Waals surface area (Å²) in [4.78, 5) is 0. The molecule has 0 bridgehead atoms. The summed E-state index contributed by atoms with van der Waals surface area (Å²) in [5, 5.41) is 3.44. The third-order valence-electron chi connectivity index (χ3n) is 3.68. The van der Waals surface area contributed by atoms with E-state index >= 15 is 0 Å². The highest BCUT2D eigenvalue weighted by Gasteiger charge is 2.28. The van der Waals surface area contributed by atoms with E-state index in [9.17, 15) is 0 Å². The molecular formula is C13H21NO. The van der Waals surface area contributed by atoms with Gasteiger partial charge in [0.1, 0.15) is 5.76 Å². The Bertz CT molecular complexity index is 281. The number of furan rings is 1. The Hall–Kier alpha value is -0.760. The second kappa shape index (κ2) is 4.84. The van der Waals surface area contributed by atoms with Crippen LogP contribution in [0.3, 0.4) is 0 Å². The summed E-state index contributed by atoms with van der Waals surface area (Å²) < 4.78 is 5.41. The van der Waals surface area contributed by atoms with Crippen molar-refractivity contribution in [3.63, 3.8) is 0 Å². The van der Waals surface area contributed by atoms with Crippen molar-refractivity contribution in [1.82, 2.24) is 5.32 Å². The fourth-order valence-corrected chi connectivity index (χ4v) is 2.77. The molecule has 1 N–H and O–H groups in total. The standard InChI is InChI=1S/C13H21NO/c1-10-5-6-11(8-10)13(14-2)9-12-4-3-7-15-12/h3-4,7,10-11,13-14H,5-6,8-9H2,1-2H3. The van der Waals surface area contributed by atoms with Gasteiger partial charge in [0.25, 0.3) is 0 Å². The maximum absolute atomic E-state index is 5.41. The van der Waals surface area contributed by atoms with Crippen LogP contribution < -0.4 is 5.32 Å². The molecule has 2 rings (SSSR count). The Balaban J connectivity index is 1.92. The monoisotopic (exact) mass is 207 g/mol. The Morgan fingerprint density at radius 2 is 2.40 bits per heavy atom. The minimum absolute atomic E-state index is 0.584. The molecule has 2 nitrogen and oxygen atoms in total. The topological polar surface area (TPSA) is 25.2 Å². The van der Waals surface area contributed by atoms with E-state index in [1.54, 1.807) is 6.26 Å². The fourth-order valence-electron chi connectivity index (χ4n) is 2.77. The lowest BCUT2D eigenvalue weighted by Crippen LogP contribution is -2.34. The zero-order valence-corrected chi connectivity index (χ0v) is 9.70. The van der Waals surface area contributed by atoms with Gasteiger partial charge in [-0.05, 0) is 43.9 Å². The first-order valence-corrected chi connectivity index (χ1v) is 5.99. The van der Waals surface area contributed by atoms with Gasteiger partial charge in [0.2, 0.25) is 0 Å². The van der Waals surface area contributed by atoms with Gasteiger partial charge < -0.3 is 9.73 Å². The van der Waals surface area contributed by atoms with Crippen molar-refractivity contribution in [3.05, 3.63) is 24.2 Å².